The average Bonchev–Trinajstić information content (AvgIpc) is 3.00. The predicted octanol–water partition coefficient (Wildman–Crippen LogP) is 3.39. The van der Waals surface area contributed by atoms with E-state index in [1.807, 2.05) is 30.3 Å². The molecule has 2 N–H and O–H groups in total. The molecule has 112 valence electrons. The molecule has 2 aromatic heterocycles. The highest BCUT2D eigenvalue weighted by molar-refractivity contribution is 7.20. The number of nitrogens with zero attached hydrogens (tertiary/aromatic N) is 1. The Morgan fingerprint density at radius 2 is 2.00 bits per heavy atom. The van der Waals surface area contributed by atoms with Gasteiger partial charge in [0.15, 0.2) is 0 Å². The van der Waals surface area contributed by atoms with Crippen molar-refractivity contribution in [3.63, 3.8) is 0 Å². The van der Waals surface area contributed by atoms with Gasteiger partial charge in [-0.15, -0.1) is 11.3 Å². The molecule has 4 aromatic rings. The van der Waals surface area contributed by atoms with Crippen molar-refractivity contribution < 1.29 is 4.79 Å². The van der Waals surface area contributed by atoms with Gasteiger partial charge in [0.05, 0.1) is 22.1 Å². The van der Waals surface area contributed by atoms with E-state index in [1.54, 1.807) is 18.2 Å². The summed E-state index contributed by atoms with van der Waals surface area (Å²) in [5.74, 6) is -0.189. The maximum Gasteiger partial charge on any atom is 0.265 e. The Morgan fingerprint density at radius 3 is 2.87 bits per heavy atom. The number of carbonyl (C=O) groups is 1. The van der Waals surface area contributed by atoms with Gasteiger partial charge in [-0.05, 0) is 35.7 Å². The summed E-state index contributed by atoms with van der Waals surface area (Å²) < 4.78 is 1.07. The number of benzene rings is 2. The molecule has 1 amide bonds. The third-order valence-electron chi connectivity index (χ3n) is 3.55. The minimum Gasteiger partial charge on any atom is -0.321 e. The molecule has 2 heterocycles. The molecule has 0 saturated heterocycles. The number of aromatic amines is 1. The molecule has 2 aromatic carbocycles. The van der Waals surface area contributed by atoms with Crippen LogP contribution >= 0.6 is 11.3 Å². The highest BCUT2D eigenvalue weighted by Crippen LogP contribution is 2.26. The fourth-order valence-corrected chi connectivity index (χ4v) is 3.39. The summed E-state index contributed by atoms with van der Waals surface area (Å²) in [7, 11) is 0. The van der Waals surface area contributed by atoms with Crippen LogP contribution in [0.3, 0.4) is 0 Å². The number of H-pyrrole nitrogens is 1. The first kappa shape index (κ1) is 13.7. The summed E-state index contributed by atoms with van der Waals surface area (Å²) in [5.41, 5.74) is 0.931. The van der Waals surface area contributed by atoms with Crippen LogP contribution in [0.5, 0.6) is 0 Å². The first-order chi connectivity index (χ1) is 11.2. The van der Waals surface area contributed by atoms with E-state index in [1.165, 1.54) is 17.7 Å². The van der Waals surface area contributed by atoms with E-state index in [4.69, 9.17) is 0 Å². The Bertz CT molecular complexity index is 1060. The van der Waals surface area contributed by atoms with E-state index in [2.05, 4.69) is 15.3 Å². The first-order valence-electron chi connectivity index (χ1n) is 6.98. The fourth-order valence-electron chi connectivity index (χ4n) is 2.43. The zero-order valence-electron chi connectivity index (χ0n) is 11.9. The molecule has 0 saturated carbocycles. The lowest BCUT2D eigenvalue weighted by Crippen LogP contribution is -2.11. The number of hydrogen-bond donors (Lipinski definition) is 2. The van der Waals surface area contributed by atoms with Crippen LogP contribution in [0, 0.1) is 0 Å². The van der Waals surface area contributed by atoms with Crippen LogP contribution in [-0.4, -0.2) is 15.9 Å². The number of fused-ring (bicyclic) bond motifs is 2. The Balaban J connectivity index is 1.68. The number of amides is 1. The second-order valence-corrected chi connectivity index (χ2v) is 6.15. The smallest absolute Gasteiger partial charge is 0.265 e. The predicted molar refractivity (Wildman–Crippen MR) is 92.1 cm³/mol. The number of thiophene rings is 1. The molecule has 0 fully saturated rings. The molecule has 4 rings (SSSR count). The second kappa shape index (κ2) is 5.33. The van der Waals surface area contributed by atoms with Gasteiger partial charge in [-0.2, -0.15) is 0 Å². The quantitative estimate of drug-likeness (QED) is 0.594. The van der Waals surface area contributed by atoms with Gasteiger partial charge in [-0.1, -0.05) is 18.2 Å². The normalized spacial score (nSPS) is 11.0. The van der Waals surface area contributed by atoms with E-state index >= 15 is 0 Å². The average molecular weight is 321 g/mol. The van der Waals surface area contributed by atoms with Gasteiger partial charge in [0.25, 0.3) is 11.5 Å². The molecule has 6 heteroatoms. The lowest BCUT2D eigenvalue weighted by Gasteiger charge is -2.04. The third-order valence-corrected chi connectivity index (χ3v) is 4.66. The molecule has 0 spiro atoms. The molecular weight excluding hydrogens is 310 g/mol. The number of carbonyl (C=O) groups excluding carboxylic acids is 1. The zero-order valence-corrected chi connectivity index (χ0v) is 12.7. The SMILES string of the molecule is O=C(Nc1ccc2nc[nH]c(=O)c2c1)c1cc2ccccc2s1. The van der Waals surface area contributed by atoms with Crippen LogP contribution in [0.4, 0.5) is 5.69 Å². The summed E-state index contributed by atoms with van der Waals surface area (Å²) in [6, 6.07) is 14.8. The number of nitrogens with one attached hydrogen (secondary N) is 2. The number of rotatable bonds is 2. The molecule has 0 aliphatic carbocycles. The van der Waals surface area contributed by atoms with Crippen molar-refractivity contribution in [3.05, 3.63) is 70.1 Å². The number of hydrogen-bond acceptors (Lipinski definition) is 4. The van der Waals surface area contributed by atoms with E-state index in [-0.39, 0.29) is 11.5 Å². The van der Waals surface area contributed by atoms with Gasteiger partial charge < -0.3 is 10.3 Å². The minimum atomic E-state index is -0.229. The van der Waals surface area contributed by atoms with Crippen molar-refractivity contribution in [1.29, 1.82) is 0 Å². The van der Waals surface area contributed by atoms with Gasteiger partial charge in [0, 0.05) is 10.4 Å². The van der Waals surface area contributed by atoms with Crippen LogP contribution in [0.1, 0.15) is 9.67 Å². The Hall–Kier alpha value is -2.99. The highest BCUT2D eigenvalue weighted by atomic mass is 32.1. The van der Waals surface area contributed by atoms with Gasteiger partial charge in [0.1, 0.15) is 0 Å². The van der Waals surface area contributed by atoms with Gasteiger partial charge in [-0.25, -0.2) is 4.98 Å². The van der Waals surface area contributed by atoms with Crippen LogP contribution in [0.25, 0.3) is 21.0 Å². The maximum absolute atomic E-state index is 12.4. The standard InChI is InChI=1S/C17H11N3O2S/c21-16-12-8-11(5-6-13(12)18-9-19-16)20-17(22)15-7-10-3-1-2-4-14(10)23-15/h1-9H,(H,20,22)(H,18,19,21). The molecule has 0 unspecified atom stereocenters. The minimum absolute atomic E-state index is 0.189. The molecule has 0 atom stereocenters. The summed E-state index contributed by atoms with van der Waals surface area (Å²) in [6.07, 6.45) is 1.36. The van der Waals surface area contributed by atoms with Crippen LogP contribution in [0.15, 0.2) is 59.7 Å². The van der Waals surface area contributed by atoms with Crippen molar-refractivity contribution in [2.75, 3.05) is 5.32 Å². The van der Waals surface area contributed by atoms with Gasteiger partial charge in [-0.3, -0.25) is 9.59 Å². The summed E-state index contributed by atoms with van der Waals surface area (Å²) >= 11 is 1.44. The summed E-state index contributed by atoms with van der Waals surface area (Å²) in [6.45, 7) is 0. The molecular formula is C17H11N3O2S. The van der Waals surface area contributed by atoms with Crippen molar-refractivity contribution in [2.24, 2.45) is 0 Å². The van der Waals surface area contributed by atoms with Crippen molar-refractivity contribution in [2.45, 2.75) is 0 Å². The highest BCUT2D eigenvalue weighted by Gasteiger charge is 2.11. The molecule has 0 aliphatic rings. The lowest BCUT2D eigenvalue weighted by molar-refractivity contribution is 0.103. The topological polar surface area (TPSA) is 74.8 Å². The largest absolute Gasteiger partial charge is 0.321 e. The van der Waals surface area contributed by atoms with Gasteiger partial charge >= 0.3 is 0 Å². The van der Waals surface area contributed by atoms with Crippen molar-refractivity contribution in [3.8, 4) is 0 Å². The molecule has 23 heavy (non-hydrogen) atoms. The number of anilines is 1. The maximum atomic E-state index is 12.4. The van der Waals surface area contributed by atoms with Crippen LogP contribution in [0.2, 0.25) is 0 Å². The van der Waals surface area contributed by atoms with Crippen molar-refractivity contribution >= 4 is 43.9 Å². The van der Waals surface area contributed by atoms with E-state index in [0.29, 0.717) is 21.5 Å². The van der Waals surface area contributed by atoms with Gasteiger partial charge in [0.2, 0.25) is 0 Å². The van der Waals surface area contributed by atoms with E-state index in [9.17, 15) is 9.59 Å². The monoisotopic (exact) mass is 321 g/mol. The summed E-state index contributed by atoms with van der Waals surface area (Å²) in [4.78, 5) is 31.4. The molecule has 0 bridgehead atoms. The zero-order chi connectivity index (χ0) is 15.8. The molecule has 0 aliphatic heterocycles. The van der Waals surface area contributed by atoms with Crippen LogP contribution in [-0.2, 0) is 0 Å². The van der Waals surface area contributed by atoms with Crippen LogP contribution < -0.4 is 10.9 Å². The summed E-state index contributed by atoms with van der Waals surface area (Å²) in [5, 5.41) is 4.32. The molecule has 5 nitrogen and oxygen atoms in total. The van der Waals surface area contributed by atoms with Crippen molar-refractivity contribution in [1.82, 2.24) is 9.97 Å². The Kier molecular flexibility index (Phi) is 3.17. The molecule has 0 radical (unpaired) electrons. The Labute approximate surface area is 134 Å². The third kappa shape index (κ3) is 2.49. The lowest BCUT2D eigenvalue weighted by atomic mass is 10.2. The second-order valence-electron chi connectivity index (χ2n) is 5.07. The fraction of sp³-hybridized carbons (Fsp3) is 0. The Morgan fingerprint density at radius 1 is 1.13 bits per heavy atom. The first-order valence-corrected chi connectivity index (χ1v) is 7.80. The van der Waals surface area contributed by atoms with E-state index < -0.39 is 0 Å². The van der Waals surface area contributed by atoms with E-state index in [0.717, 1.165) is 10.1 Å². The number of aromatic nitrogens is 2.